The Bertz CT molecular complexity index is 929. The number of ether oxygens (including phenoxy) is 2. The molecule has 1 heterocycles. The van der Waals surface area contributed by atoms with Crippen LogP contribution < -0.4 is 15.8 Å². The van der Waals surface area contributed by atoms with Gasteiger partial charge in [-0.05, 0) is 25.0 Å². The van der Waals surface area contributed by atoms with Crippen molar-refractivity contribution < 1.29 is 18.7 Å². The van der Waals surface area contributed by atoms with E-state index < -0.39 is 11.8 Å². The Morgan fingerprint density at radius 2 is 1.97 bits per heavy atom. The number of esters is 1. The molecule has 29 heavy (non-hydrogen) atoms. The number of nitrogens with zero attached hydrogens (tertiary/aromatic N) is 2. The van der Waals surface area contributed by atoms with E-state index in [1.165, 1.54) is 26.4 Å². The fourth-order valence-electron chi connectivity index (χ4n) is 3.30. The molecule has 1 saturated carbocycles. The van der Waals surface area contributed by atoms with Crippen LogP contribution in [0, 0.1) is 5.82 Å². The van der Waals surface area contributed by atoms with Crippen LogP contribution in [0.25, 0.3) is 11.4 Å². The van der Waals surface area contributed by atoms with Crippen molar-refractivity contribution >= 4 is 35.0 Å². The van der Waals surface area contributed by atoms with E-state index in [9.17, 15) is 9.18 Å². The first-order valence-electron chi connectivity index (χ1n) is 9.07. The minimum atomic E-state index is -0.768. The van der Waals surface area contributed by atoms with Gasteiger partial charge >= 0.3 is 5.97 Å². The Morgan fingerprint density at radius 3 is 2.62 bits per heavy atom. The average molecular weight is 443 g/mol. The normalized spacial score (nSPS) is 19.0. The van der Waals surface area contributed by atoms with E-state index in [4.69, 9.17) is 38.4 Å². The van der Waals surface area contributed by atoms with Gasteiger partial charge < -0.3 is 20.5 Å². The van der Waals surface area contributed by atoms with E-state index in [-0.39, 0.29) is 50.8 Å². The van der Waals surface area contributed by atoms with Crippen LogP contribution in [0.2, 0.25) is 10.0 Å². The van der Waals surface area contributed by atoms with E-state index in [1.807, 2.05) is 0 Å². The van der Waals surface area contributed by atoms with Crippen molar-refractivity contribution in [3.05, 3.63) is 33.7 Å². The Morgan fingerprint density at radius 1 is 1.24 bits per heavy atom. The lowest BCUT2D eigenvalue weighted by atomic mass is 9.91. The molecule has 1 aliphatic rings. The standard InChI is InChI=1S/C19H21Cl2FN4O3/c1-28-16-10(20)8-7-9(14(16)22)17-25-15(19(27)29-2)13(21)18(26-17)24-12-6-4-3-5-11(12)23/h7-8,11-12H,3-6,23H2,1-2H3,(H,24,25,26). The Balaban J connectivity index is 2.12. The number of carbonyl (C=O) groups is 1. The van der Waals surface area contributed by atoms with E-state index in [2.05, 4.69) is 15.3 Å². The van der Waals surface area contributed by atoms with Crippen LogP contribution in [0.4, 0.5) is 10.2 Å². The Hall–Kier alpha value is -2.16. The largest absolute Gasteiger partial charge is 0.492 e. The lowest BCUT2D eigenvalue weighted by Gasteiger charge is -2.30. The third-order valence-electron chi connectivity index (χ3n) is 4.87. The molecule has 0 amide bonds. The number of methoxy groups -OCH3 is 2. The third-order valence-corrected chi connectivity index (χ3v) is 5.52. The summed E-state index contributed by atoms with van der Waals surface area (Å²) in [5, 5.41) is 3.28. The van der Waals surface area contributed by atoms with Gasteiger partial charge in [0.15, 0.2) is 23.1 Å². The second kappa shape index (κ2) is 9.11. The SMILES string of the molecule is COC(=O)c1nc(-c2ccc(Cl)c(OC)c2F)nc(NC2CCCCC2N)c1Cl. The lowest BCUT2D eigenvalue weighted by molar-refractivity contribution is 0.0594. The molecular weight excluding hydrogens is 422 g/mol. The van der Waals surface area contributed by atoms with Crippen molar-refractivity contribution in [2.75, 3.05) is 19.5 Å². The lowest BCUT2D eigenvalue weighted by Crippen LogP contribution is -2.42. The molecule has 2 atom stereocenters. The molecular formula is C19H21Cl2FN4O3. The smallest absolute Gasteiger partial charge is 0.358 e. The summed E-state index contributed by atoms with van der Waals surface area (Å²) in [7, 11) is 2.50. The van der Waals surface area contributed by atoms with E-state index in [1.54, 1.807) is 0 Å². The summed E-state index contributed by atoms with van der Waals surface area (Å²) in [6.07, 6.45) is 3.74. The number of carbonyl (C=O) groups excluding carboxylic acids is 1. The maximum atomic E-state index is 14.9. The number of aromatic nitrogens is 2. The van der Waals surface area contributed by atoms with E-state index in [0.717, 1.165) is 25.7 Å². The maximum absolute atomic E-state index is 14.9. The van der Waals surface area contributed by atoms with Gasteiger partial charge in [0.25, 0.3) is 0 Å². The van der Waals surface area contributed by atoms with Crippen LogP contribution in [0.15, 0.2) is 12.1 Å². The first-order chi connectivity index (χ1) is 13.9. The van der Waals surface area contributed by atoms with Gasteiger partial charge in [0.05, 0.1) is 24.8 Å². The van der Waals surface area contributed by atoms with Gasteiger partial charge in [-0.3, -0.25) is 0 Å². The first kappa shape index (κ1) is 21.5. The van der Waals surface area contributed by atoms with Gasteiger partial charge in [0.2, 0.25) is 0 Å². The van der Waals surface area contributed by atoms with Crippen molar-refractivity contribution in [3.63, 3.8) is 0 Å². The summed E-state index contributed by atoms with van der Waals surface area (Å²) in [5.74, 6) is -1.54. The summed E-state index contributed by atoms with van der Waals surface area (Å²) < 4.78 is 24.7. The highest BCUT2D eigenvalue weighted by Crippen LogP contribution is 2.36. The summed E-state index contributed by atoms with van der Waals surface area (Å²) >= 11 is 12.3. The highest BCUT2D eigenvalue weighted by molar-refractivity contribution is 6.35. The van der Waals surface area contributed by atoms with Crippen LogP contribution in [0.3, 0.4) is 0 Å². The van der Waals surface area contributed by atoms with Crippen molar-refractivity contribution in [2.24, 2.45) is 5.73 Å². The molecule has 3 rings (SSSR count). The highest BCUT2D eigenvalue weighted by atomic mass is 35.5. The molecule has 7 nitrogen and oxygen atoms in total. The molecule has 10 heteroatoms. The molecule has 0 aliphatic heterocycles. The Kier molecular flexibility index (Phi) is 6.77. The predicted molar refractivity (Wildman–Crippen MR) is 109 cm³/mol. The molecule has 1 aromatic carbocycles. The predicted octanol–water partition coefficient (Wildman–Crippen LogP) is 4.07. The molecule has 3 N–H and O–H groups in total. The van der Waals surface area contributed by atoms with Crippen LogP contribution in [-0.4, -0.2) is 42.2 Å². The number of nitrogens with two attached hydrogens (primary N) is 1. The molecule has 0 spiro atoms. The summed E-state index contributed by atoms with van der Waals surface area (Å²) in [5.41, 5.74) is 6.02. The van der Waals surface area contributed by atoms with Crippen LogP contribution >= 0.6 is 23.2 Å². The quantitative estimate of drug-likeness (QED) is 0.673. The first-order valence-corrected chi connectivity index (χ1v) is 9.83. The summed E-state index contributed by atoms with van der Waals surface area (Å²) in [6, 6.07) is 2.69. The van der Waals surface area contributed by atoms with Crippen LogP contribution in [-0.2, 0) is 4.74 Å². The number of anilines is 1. The van der Waals surface area contributed by atoms with Gasteiger partial charge in [-0.15, -0.1) is 0 Å². The number of hydrogen-bond donors (Lipinski definition) is 2. The van der Waals surface area contributed by atoms with Crippen molar-refractivity contribution in [2.45, 2.75) is 37.8 Å². The van der Waals surface area contributed by atoms with Gasteiger partial charge in [-0.2, -0.15) is 0 Å². The molecule has 0 saturated heterocycles. The van der Waals surface area contributed by atoms with Crippen LogP contribution in [0.1, 0.15) is 36.2 Å². The fraction of sp³-hybridized carbons (Fsp3) is 0.421. The van der Waals surface area contributed by atoms with Gasteiger partial charge in [-0.1, -0.05) is 36.0 Å². The monoisotopic (exact) mass is 442 g/mol. The second-order valence-electron chi connectivity index (χ2n) is 6.69. The zero-order valence-corrected chi connectivity index (χ0v) is 17.5. The van der Waals surface area contributed by atoms with Gasteiger partial charge in [-0.25, -0.2) is 19.2 Å². The second-order valence-corrected chi connectivity index (χ2v) is 7.48. The number of halogens is 3. The zero-order chi connectivity index (χ0) is 21.1. The minimum absolute atomic E-state index is 0.00376. The molecule has 1 aromatic heterocycles. The third kappa shape index (κ3) is 4.39. The molecule has 1 aliphatic carbocycles. The summed E-state index contributed by atoms with van der Waals surface area (Å²) in [4.78, 5) is 20.7. The van der Waals surface area contributed by atoms with Crippen LogP contribution in [0.5, 0.6) is 5.75 Å². The fourth-order valence-corrected chi connectivity index (χ4v) is 3.74. The van der Waals surface area contributed by atoms with Gasteiger partial charge in [0, 0.05) is 12.1 Å². The molecule has 156 valence electrons. The number of nitrogens with one attached hydrogen (secondary N) is 1. The molecule has 2 unspecified atom stereocenters. The molecule has 0 bridgehead atoms. The average Bonchev–Trinajstić information content (AvgIpc) is 2.71. The topological polar surface area (TPSA) is 99.4 Å². The molecule has 2 aromatic rings. The Labute approximate surface area is 177 Å². The molecule has 0 radical (unpaired) electrons. The maximum Gasteiger partial charge on any atom is 0.358 e. The van der Waals surface area contributed by atoms with Crippen molar-refractivity contribution in [3.8, 4) is 17.1 Å². The van der Waals surface area contributed by atoms with Crippen molar-refractivity contribution in [1.82, 2.24) is 9.97 Å². The van der Waals surface area contributed by atoms with E-state index >= 15 is 0 Å². The van der Waals surface area contributed by atoms with E-state index in [0.29, 0.717) is 0 Å². The number of rotatable bonds is 5. The zero-order valence-electron chi connectivity index (χ0n) is 16.0. The summed E-state index contributed by atoms with van der Waals surface area (Å²) in [6.45, 7) is 0. The van der Waals surface area contributed by atoms with Gasteiger partial charge in [0.1, 0.15) is 10.8 Å². The highest BCUT2D eigenvalue weighted by Gasteiger charge is 2.27. The number of hydrogen-bond acceptors (Lipinski definition) is 7. The molecule has 1 fully saturated rings. The van der Waals surface area contributed by atoms with Crippen molar-refractivity contribution in [1.29, 1.82) is 0 Å². The number of benzene rings is 1. The minimum Gasteiger partial charge on any atom is -0.492 e.